The topological polar surface area (TPSA) is 35.5 Å². The zero-order valence-electron chi connectivity index (χ0n) is 5.22. The van der Waals surface area contributed by atoms with Crippen LogP contribution in [0.3, 0.4) is 0 Å². The molecule has 0 fully saturated rings. The fraction of sp³-hybridized carbons (Fsp3) is 0.500. The summed E-state index contributed by atoms with van der Waals surface area (Å²) >= 11 is 0. The van der Waals surface area contributed by atoms with Gasteiger partial charge < -0.3 is 9.47 Å². The number of hydrogen-bond acceptors (Lipinski definition) is 3. The van der Waals surface area contributed by atoms with Crippen LogP contribution in [0.5, 0.6) is 0 Å². The van der Waals surface area contributed by atoms with Gasteiger partial charge >= 0.3 is 0 Å². The molecule has 0 bridgehead atoms. The van der Waals surface area contributed by atoms with Crippen LogP contribution in [0, 0.1) is 0 Å². The van der Waals surface area contributed by atoms with Gasteiger partial charge in [-0.05, 0) is 0 Å². The summed E-state index contributed by atoms with van der Waals surface area (Å²) in [6.45, 7) is 0.567. The fourth-order valence-corrected chi connectivity index (χ4v) is 0.760. The summed E-state index contributed by atoms with van der Waals surface area (Å²) in [6.07, 6.45) is 1.39. The van der Waals surface area contributed by atoms with Gasteiger partial charge in [-0.1, -0.05) is 0 Å². The first kappa shape index (κ1) is 6.13. The summed E-state index contributed by atoms with van der Waals surface area (Å²) in [5, 5.41) is 0. The van der Waals surface area contributed by atoms with Crippen molar-refractivity contribution in [2.45, 2.75) is 6.42 Å². The molecular formula is C6H8O3. The van der Waals surface area contributed by atoms with E-state index in [2.05, 4.69) is 0 Å². The van der Waals surface area contributed by atoms with E-state index in [4.69, 9.17) is 9.47 Å². The minimum Gasteiger partial charge on any atom is -0.497 e. The van der Waals surface area contributed by atoms with Gasteiger partial charge in [-0.2, -0.15) is 0 Å². The third-order valence-corrected chi connectivity index (χ3v) is 1.21. The van der Waals surface area contributed by atoms with Gasteiger partial charge in [0.1, 0.15) is 5.76 Å². The number of rotatable bonds is 2. The maximum absolute atomic E-state index is 10.1. The Labute approximate surface area is 53.3 Å². The van der Waals surface area contributed by atoms with Crippen molar-refractivity contribution in [2.75, 3.05) is 13.7 Å². The summed E-state index contributed by atoms with van der Waals surface area (Å²) in [5.41, 5.74) is 0. The van der Waals surface area contributed by atoms with Crippen LogP contribution in [-0.2, 0) is 14.3 Å². The standard InChI is InChI=1S/C6H8O3/c1-8-5-2-3-9-6(5)4-7/h4H,2-3H2,1H3. The number of methoxy groups -OCH3 is 1. The largest absolute Gasteiger partial charge is 0.497 e. The van der Waals surface area contributed by atoms with E-state index >= 15 is 0 Å². The Morgan fingerprint density at radius 3 is 3.00 bits per heavy atom. The van der Waals surface area contributed by atoms with Gasteiger partial charge in [0.15, 0.2) is 12.0 Å². The van der Waals surface area contributed by atoms with Crippen LogP contribution in [0.2, 0.25) is 0 Å². The molecule has 0 unspecified atom stereocenters. The fourth-order valence-electron chi connectivity index (χ4n) is 0.760. The Hall–Kier alpha value is -0.990. The van der Waals surface area contributed by atoms with Crippen molar-refractivity contribution in [1.29, 1.82) is 0 Å². The number of allylic oxidation sites excluding steroid dienone is 1. The number of ether oxygens (including phenoxy) is 2. The van der Waals surface area contributed by atoms with Gasteiger partial charge in [0.05, 0.1) is 13.7 Å². The second-order valence-electron chi connectivity index (χ2n) is 1.71. The predicted octanol–water partition coefficient (Wildman–Crippen LogP) is 0.464. The minimum atomic E-state index is 0.345. The second-order valence-corrected chi connectivity index (χ2v) is 1.71. The molecule has 0 saturated carbocycles. The highest BCUT2D eigenvalue weighted by molar-refractivity contribution is 5.71. The van der Waals surface area contributed by atoms with E-state index in [0.717, 1.165) is 0 Å². The molecule has 1 aliphatic rings. The molecule has 0 aromatic heterocycles. The van der Waals surface area contributed by atoms with Gasteiger partial charge in [-0.15, -0.1) is 0 Å². The van der Waals surface area contributed by atoms with Crippen LogP contribution in [0.25, 0.3) is 0 Å². The highest BCUT2D eigenvalue weighted by atomic mass is 16.5. The Bertz CT molecular complexity index is 148. The van der Waals surface area contributed by atoms with Crippen LogP contribution in [0.4, 0.5) is 0 Å². The molecule has 1 rings (SSSR count). The van der Waals surface area contributed by atoms with E-state index in [0.29, 0.717) is 30.8 Å². The van der Waals surface area contributed by atoms with E-state index < -0.39 is 0 Å². The van der Waals surface area contributed by atoms with Crippen LogP contribution in [-0.4, -0.2) is 20.0 Å². The van der Waals surface area contributed by atoms with Gasteiger partial charge in [-0.25, -0.2) is 0 Å². The number of carbonyl (C=O) groups excluding carboxylic acids is 1. The summed E-state index contributed by atoms with van der Waals surface area (Å²) in [7, 11) is 1.54. The molecule has 0 amide bonds. The Morgan fingerprint density at radius 1 is 1.78 bits per heavy atom. The van der Waals surface area contributed by atoms with Crippen molar-refractivity contribution in [1.82, 2.24) is 0 Å². The molecule has 3 heteroatoms. The summed E-state index contributed by atoms with van der Waals surface area (Å²) in [6, 6.07) is 0. The molecule has 0 spiro atoms. The van der Waals surface area contributed by atoms with E-state index in [9.17, 15) is 4.79 Å². The molecular weight excluding hydrogens is 120 g/mol. The lowest BCUT2D eigenvalue weighted by Gasteiger charge is -1.95. The van der Waals surface area contributed by atoms with Crippen molar-refractivity contribution in [3.8, 4) is 0 Å². The molecule has 0 aromatic rings. The third kappa shape index (κ3) is 1.04. The SMILES string of the molecule is COC1=C(C=O)OCC1. The van der Waals surface area contributed by atoms with Crippen LogP contribution < -0.4 is 0 Å². The summed E-state index contributed by atoms with van der Waals surface area (Å²) in [4.78, 5) is 10.1. The molecule has 0 N–H and O–H groups in total. The molecule has 1 heterocycles. The Morgan fingerprint density at radius 2 is 2.56 bits per heavy atom. The predicted molar refractivity (Wildman–Crippen MR) is 30.7 cm³/mol. The van der Waals surface area contributed by atoms with E-state index in [1.54, 1.807) is 0 Å². The lowest BCUT2D eigenvalue weighted by atomic mass is 10.4. The normalized spacial score (nSPS) is 17.4. The van der Waals surface area contributed by atoms with E-state index in [1.165, 1.54) is 7.11 Å². The highest BCUT2D eigenvalue weighted by Crippen LogP contribution is 2.16. The molecule has 9 heavy (non-hydrogen) atoms. The lowest BCUT2D eigenvalue weighted by Crippen LogP contribution is -1.88. The van der Waals surface area contributed by atoms with Crippen molar-refractivity contribution in [2.24, 2.45) is 0 Å². The van der Waals surface area contributed by atoms with Crippen LogP contribution in [0.1, 0.15) is 6.42 Å². The van der Waals surface area contributed by atoms with Gasteiger partial charge in [0, 0.05) is 6.42 Å². The number of hydrogen-bond donors (Lipinski definition) is 0. The van der Waals surface area contributed by atoms with Crippen LogP contribution in [0.15, 0.2) is 11.5 Å². The number of aldehydes is 1. The first-order valence-electron chi connectivity index (χ1n) is 2.73. The third-order valence-electron chi connectivity index (χ3n) is 1.21. The molecule has 0 aliphatic carbocycles. The molecule has 3 nitrogen and oxygen atoms in total. The lowest BCUT2D eigenvalue weighted by molar-refractivity contribution is -0.107. The molecule has 0 aromatic carbocycles. The first-order valence-corrected chi connectivity index (χ1v) is 2.73. The summed E-state index contributed by atoms with van der Waals surface area (Å²) < 4.78 is 9.73. The smallest absolute Gasteiger partial charge is 0.196 e. The molecule has 0 saturated heterocycles. The Balaban J connectivity index is 2.69. The first-order chi connectivity index (χ1) is 4.38. The average molecular weight is 128 g/mol. The second kappa shape index (κ2) is 2.53. The number of carbonyl (C=O) groups is 1. The van der Waals surface area contributed by atoms with Crippen molar-refractivity contribution in [3.05, 3.63) is 11.5 Å². The monoisotopic (exact) mass is 128 g/mol. The molecule has 50 valence electrons. The molecule has 0 radical (unpaired) electrons. The molecule has 0 atom stereocenters. The minimum absolute atomic E-state index is 0.345. The van der Waals surface area contributed by atoms with E-state index in [-0.39, 0.29) is 0 Å². The Kier molecular flexibility index (Phi) is 1.72. The zero-order valence-corrected chi connectivity index (χ0v) is 5.22. The van der Waals surface area contributed by atoms with E-state index in [1.807, 2.05) is 0 Å². The maximum Gasteiger partial charge on any atom is 0.196 e. The maximum atomic E-state index is 10.1. The zero-order chi connectivity index (χ0) is 6.69. The average Bonchev–Trinajstić information content (AvgIpc) is 2.33. The van der Waals surface area contributed by atoms with Gasteiger partial charge in [0.25, 0.3) is 0 Å². The van der Waals surface area contributed by atoms with Crippen molar-refractivity contribution in [3.63, 3.8) is 0 Å². The van der Waals surface area contributed by atoms with Gasteiger partial charge in [0.2, 0.25) is 0 Å². The quantitative estimate of drug-likeness (QED) is 0.507. The van der Waals surface area contributed by atoms with Crippen LogP contribution >= 0.6 is 0 Å². The molecule has 1 aliphatic heterocycles. The van der Waals surface area contributed by atoms with Crippen molar-refractivity contribution >= 4 is 6.29 Å². The van der Waals surface area contributed by atoms with Crippen molar-refractivity contribution < 1.29 is 14.3 Å². The summed E-state index contributed by atoms with van der Waals surface area (Å²) in [5.74, 6) is 1.00. The highest BCUT2D eigenvalue weighted by Gasteiger charge is 2.14. The van der Waals surface area contributed by atoms with Gasteiger partial charge in [-0.3, -0.25) is 4.79 Å².